The Bertz CT molecular complexity index is 865. The lowest BCUT2D eigenvalue weighted by Crippen LogP contribution is -2.20. The second kappa shape index (κ2) is 7.29. The van der Waals surface area contributed by atoms with Gasteiger partial charge in [0.1, 0.15) is 12.4 Å². The number of hydrogen-bond acceptors (Lipinski definition) is 5. The number of aromatic nitrogens is 3. The Morgan fingerprint density at radius 1 is 1.33 bits per heavy atom. The molecule has 0 unspecified atom stereocenters. The van der Waals surface area contributed by atoms with Gasteiger partial charge in [-0.25, -0.2) is 9.50 Å². The van der Waals surface area contributed by atoms with Crippen LogP contribution in [0, 0.1) is 0 Å². The van der Waals surface area contributed by atoms with Crippen LogP contribution >= 0.6 is 11.6 Å². The second-order valence-electron chi connectivity index (χ2n) is 4.95. The number of rotatable bonds is 6. The molecule has 8 heteroatoms. The van der Waals surface area contributed by atoms with Crippen molar-refractivity contribution in [3.8, 4) is 5.75 Å². The van der Waals surface area contributed by atoms with E-state index in [0.717, 1.165) is 0 Å². The number of amides is 1. The predicted octanol–water partition coefficient (Wildman–Crippen LogP) is 2.55. The van der Waals surface area contributed by atoms with Crippen LogP contribution in [0.2, 0.25) is 5.02 Å². The molecule has 0 aliphatic heterocycles. The fourth-order valence-corrected chi connectivity index (χ4v) is 2.31. The fourth-order valence-electron chi connectivity index (χ4n) is 2.13. The number of nitrogens with zero attached hydrogens (tertiary/aromatic N) is 3. The summed E-state index contributed by atoms with van der Waals surface area (Å²) < 4.78 is 12.0. The highest BCUT2D eigenvalue weighted by Crippen LogP contribution is 2.18. The average molecular weight is 347 g/mol. The minimum atomic E-state index is -0.306. The van der Waals surface area contributed by atoms with Crippen molar-refractivity contribution in [2.24, 2.45) is 0 Å². The quantitative estimate of drug-likeness (QED) is 0.742. The molecular formula is C16H15ClN4O3. The molecule has 2 heterocycles. The molecule has 0 radical (unpaired) electrons. The smallest absolute Gasteiger partial charge is 0.262 e. The lowest BCUT2D eigenvalue weighted by atomic mass is 10.3. The van der Waals surface area contributed by atoms with Gasteiger partial charge < -0.3 is 14.8 Å². The summed E-state index contributed by atoms with van der Waals surface area (Å²) in [6.45, 7) is 0.160. The summed E-state index contributed by atoms with van der Waals surface area (Å²) in [5, 5.41) is 7.57. The number of fused-ring (bicyclic) bond motifs is 1. The molecule has 24 heavy (non-hydrogen) atoms. The van der Waals surface area contributed by atoms with E-state index in [4.69, 9.17) is 21.1 Å². The van der Waals surface area contributed by atoms with Gasteiger partial charge in [-0.1, -0.05) is 17.7 Å². The van der Waals surface area contributed by atoms with Crippen LogP contribution in [0.15, 0.2) is 42.6 Å². The van der Waals surface area contributed by atoms with Gasteiger partial charge in [0.05, 0.1) is 5.69 Å². The van der Waals surface area contributed by atoms with Gasteiger partial charge in [-0.15, -0.1) is 5.10 Å². The SMILES string of the molecule is COCc1nc2c(NC(=O)COc3cccc(Cl)c3)cccn2n1. The van der Waals surface area contributed by atoms with Crippen LogP contribution in [0.4, 0.5) is 5.69 Å². The number of benzene rings is 1. The molecule has 0 aliphatic rings. The van der Waals surface area contributed by atoms with E-state index in [-0.39, 0.29) is 12.5 Å². The number of carbonyl (C=O) groups excluding carboxylic acids is 1. The van der Waals surface area contributed by atoms with Gasteiger partial charge in [0.2, 0.25) is 0 Å². The van der Waals surface area contributed by atoms with Gasteiger partial charge in [-0.3, -0.25) is 4.79 Å². The van der Waals surface area contributed by atoms with Gasteiger partial charge in [0.25, 0.3) is 5.91 Å². The topological polar surface area (TPSA) is 77.8 Å². The molecule has 0 atom stereocenters. The van der Waals surface area contributed by atoms with E-state index >= 15 is 0 Å². The number of halogens is 1. The maximum absolute atomic E-state index is 12.1. The summed E-state index contributed by atoms with van der Waals surface area (Å²) >= 11 is 5.87. The zero-order valence-corrected chi connectivity index (χ0v) is 13.7. The first kappa shape index (κ1) is 16.2. The summed E-state index contributed by atoms with van der Waals surface area (Å²) in [6.07, 6.45) is 1.75. The molecule has 0 aliphatic carbocycles. The molecule has 2 aromatic heterocycles. The maximum atomic E-state index is 12.1. The van der Waals surface area contributed by atoms with Crippen LogP contribution < -0.4 is 10.1 Å². The molecule has 3 rings (SSSR count). The van der Waals surface area contributed by atoms with E-state index in [1.807, 2.05) is 0 Å². The minimum absolute atomic E-state index is 0.138. The van der Waals surface area contributed by atoms with Crippen molar-refractivity contribution in [2.45, 2.75) is 6.61 Å². The van der Waals surface area contributed by atoms with E-state index in [0.29, 0.717) is 34.5 Å². The van der Waals surface area contributed by atoms with Crippen molar-refractivity contribution in [3.63, 3.8) is 0 Å². The number of nitrogens with one attached hydrogen (secondary N) is 1. The molecule has 0 saturated heterocycles. The number of pyridine rings is 1. The third kappa shape index (κ3) is 3.81. The molecule has 7 nitrogen and oxygen atoms in total. The van der Waals surface area contributed by atoms with Crippen LogP contribution in [0.1, 0.15) is 5.82 Å². The summed E-state index contributed by atoms with van der Waals surface area (Å²) in [4.78, 5) is 16.4. The second-order valence-corrected chi connectivity index (χ2v) is 5.38. The van der Waals surface area contributed by atoms with Crippen LogP contribution in [0.3, 0.4) is 0 Å². The van der Waals surface area contributed by atoms with Crippen molar-refractivity contribution in [3.05, 3.63) is 53.4 Å². The van der Waals surface area contributed by atoms with Crippen molar-refractivity contribution in [1.82, 2.24) is 14.6 Å². The highest BCUT2D eigenvalue weighted by Gasteiger charge is 2.11. The summed E-state index contributed by atoms with van der Waals surface area (Å²) in [6, 6.07) is 10.4. The molecule has 1 N–H and O–H groups in total. The normalized spacial score (nSPS) is 10.8. The van der Waals surface area contributed by atoms with Crippen LogP contribution in [-0.4, -0.2) is 34.2 Å². The summed E-state index contributed by atoms with van der Waals surface area (Å²) in [5.41, 5.74) is 1.09. The van der Waals surface area contributed by atoms with Crippen molar-refractivity contribution in [2.75, 3.05) is 19.0 Å². The van der Waals surface area contributed by atoms with Gasteiger partial charge in [-0.05, 0) is 30.3 Å². The highest BCUT2D eigenvalue weighted by atomic mass is 35.5. The number of anilines is 1. The molecule has 0 bridgehead atoms. The highest BCUT2D eigenvalue weighted by molar-refractivity contribution is 6.30. The molecule has 1 amide bonds. The van der Waals surface area contributed by atoms with Gasteiger partial charge in [0, 0.05) is 18.3 Å². The first-order valence-corrected chi connectivity index (χ1v) is 7.55. The summed E-state index contributed by atoms with van der Waals surface area (Å²) in [5.74, 6) is 0.759. The van der Waals surface area contributed by atoms with Gasteiger partial charge >= 0.3 is 0 Å². The number of hydrogen-bond donors (Lipinski definition) is 1. The van der Waals surface area contributed by atoms with Crippen molar-refractivity contribution < 1.29 is 14.3 Å². The van der Waals surface area contributed by atoms with Crippen LogP contribution in [-0.2, 0) is 16.1 Å². The Labute approximate surface area is 143 Å². The largest absolute Gasteiger partial charge is 0.484 e. The Balaban J connectivity index is 1.68. The standard InChI is InChI=1S/C16H15ClN4O3/c1-23-9-14-19-16-13(6-3-7-21(16)20-14)18-15(22)10-24-12-5-2-4-11(17)8-12/h2-8H,9-10H2,1H3,(H,18,22). The Morgan fingerprint density at radius 2 is 2.21 bits per heavy atom. The first-order chi connectivity index (χ1) is 11.7. The van der Waals surface area contributed by atoms with Crippen molar-refractivity contribution in [1.29, 1.82) is 0 Å². The van der Waals surface area contributed by atoms with E-state index in [1.165, 1.54) is 0 Å². The minimum Gasteiger partial charge on any atom is -0.484 e. The molecular weight excluding hydrogens is 332 g/mol. The predicted molar refractivity (Wildman–Crippen MR) is 89.3 cm³/mol. The molecule has 0 saturated carbocycles. The van der Waals surface area contributed by atoms with Gasteiger partial charge in [0.15, 0.2) is 18.1 Å². The van der Waals surface area contributed by atoms with E-state index in [2.05, 4.69) is 15.4 Å². The monoisotopic (exact) mass is 346 g/mol. The van der Waals surface area contributed by atoms with Crippen molar-refractivity contribution >= 4 is 28.8 Å². The molecule has 0 fully saturated rings. The zero-order valence-electron chi connectivity index (χ0n) is 12.9. The summed E-state index contributed by atoms with van der Waals surface area (Å²) in [7, 11) is 1.57. The lowest BCUT2D eigenvalue weighted by molar-refractivity contribution is -0.118. The third-order valence-electron chi connectivity index (χ3n) is 3.12. The Morgan fingerprint density at radius 3 is 3.00 bits per heavy atom. The van der Waals surface area contributed by atoms with Crippen LogP contribution in [0.25, 0.3) is 5.65 Å². The molecule has 0 spiro atoms. The van der Waals surface area contributed by atoms with Crippen LogP contribution in [0.5, 0.6) is 5.75 Å². The Hall–Kier alpha value is -2.64. The van der Waals surface area contributed by atoms with E-state index < -0.39 is 0 Å². The maximum Gasteiger partial charge on any atom is 0.262 e. The van der Waals surface area contributed by atoms with Gasteiger partial charge in [-0.2, -0.15) is 0 Å². The molecule has 3 aromatic rings. The van der Waals surface area contributed by atoms with E-state index in [1.54, 1.807) is 54.2 Å². The number of ether oxygens (including phenoxy) is 2. The number of carbonyl (C=O) groups is 1. The fraction of sp³-hybridized carbons (Fsp3) is 0.188. The number of methoxy groups -OCH3 is 1. The Kier molecular flexibility index (Phi) is 4.93. The third-order valence-corrected chi connectivity index (χ3v) is 3.35. The zero-order chi connectivity index (χ0) is 16.9. The van der Waals surface area contributed by atoms with E-state index in [9.17, 15) is 4.79 Å². The average Bonchev–Trinajstić information content (AvgIpc) is 2.97. The first-order valence-electron chi connectivity index (χ1n) is 7.17. The molecule has 1 aromatic carbocycles. The lowest BCUT2D eigenvalue weighted by Gasteiger charge is -2.08. The molecule has 124 valence electrons.